The summed E-state index contributed by atoms with van der Waals surface area (Å²) in [4.78, 5) is 33.1. The molecule has 0 spiro atoms. The Morgan fingerprint density at radius 1 is 1.33 bits per heavy atom. The normalized spacial score (nSPS) is 9.67. The summed E-state index contributed by atoms with van der Waals surface area (Å²) in [5, 5.41) is 0. The molecule has 7 heteroatoms. The van der Waals surface area contributed by atoms with Crippen molar-refractivity contribution in [3.63, 3.8) is 0 Å². The molecular formula is C5H3N4NaO2. The predicted octanol–water partition coefficient (Wildman–Crippen LogP) is -4.27. The van der Waals surface area contributed by atoms with Crippen LogP contribution in [-0.4, -0.2) is 19.9 Å². The first-order chi connectivity index (χ1) is 5.27. The summed E-state index contributed by atoms with van der Waals surface area (Å²) in [6.07, 6.45) is 1.22. The van der Waals surface area contributed by atoms with Gasteiger partial charge in [0.1, 0.15) is 0 Å². The van der Waals surface area contributed by atoms with Gasteiger partial charge in [0, 0.05) is 5.52 Å². The van der Waals surface area contributed by atoms with Crippen LogP contribution in [0.2, 0.25) is 0 Å². The van der Waals surface area contributed by atoms with Crippen molar-refractivity contribution in [1.29, 1.82) is 0 Å². The molecule has 12 heavy (non-hydrogen) atoms. The molecular weight excluding hydrogens is 171 g/mol. The number of imidazole rings is 1. The number of hydrogen-bond acceptors (Lipinski definition) is 4. The first kappa shape index (κ1) is 9.24. The molecule has 6 nitrogen and oxygen atoms in total. The molecule has 0 aliphatic carbocycles. The number of aromatic nitrogens is 4. The molecule has 2 aromatic rings. The van der Waals surface area contributed by atoms with Crippen LogP contribution in [0.3, 0.4) is 0 Å². The Balaban J connectivity index is 0.000000720. The number of fused-ring (bicyclic) bond motifs is 1. The molecule has 2 heterocycles. The largest absolute Gasteiger partial charge is 1.00 e. The van der Waals surface area contributed by atoms with Crippen molar-refractivity contribution in [1.82, 2.24) is 19.9 Å². The van der Waals surface area contributed by atoms with Crippen molar-refractivity contribution >= 4 is 11.2 Å². The number of H-pyrrole nitrogens is 2. The minimum absolute atomic E-state index is 0. The van der Waals surface area contributed by atoms with E-state index in [2.05, 4.69) is 15.0 Å². The van der Waals surface area contributed by atoms with Crippen LogP contribution in [0.4, 0.5) is 0 Å². The van der Waals surface area contributed by atoms with Crippen molar-refractivity contribution in [2.45, 2.75) is 0 Å². The first-order valence-corrected chi connectivity index (χ1v) is 2.87. The van der Waals surface area contributed by atoms with Crippen molar-refractivity contribution in [3.8, 4) is 0 Å². The van der Waals surface area contributed by atoms with Crippen LogP contribution < -0.4 is 40.8 Å². The van der Waals surface area contributed by atoms with Crippen LogP contribution in [0.5, 0.6) is 0 Å². The van der Waals surface area contributed by atoms with E-state index in [0.29, 0.717) is 0 Å². The van der Waals surface area contributed by atoms with Crippen LogP contribution in [-0.2, 0) is 0 Å². The van der Waals surface area contributed by atoms with Gasteiger partial charge in [-0.05, 0) is 6.33 Å². The molecule has 0 fully saturated rings. The molecule has 56 valence electrons. The zero-order valence-corrected chi connectivity index (χ0v) is 8.29. The summed E-state index contributed by atoms with van der Waals surface area (Å²) in [6, 6.07) is 0. The van der Waals surface area contributed by atoms with Gasteiger partial charge in [0.05, 0.1) is 5.65 Å². The van der Waals surface area contributed by atoms with Crippen molar-refractivity contribution in [2.75, 3.05) is 0 Å². The van der Waals surface area contributed by atoms with E-state index >= 15 is 0 Å². The molecule has 0 atom stereocenters. The second kappa shape index (κ2) is 3.26. The maximum Gasteiger partial charge on any atom is 1.00 e. The molecule has 2 aromatic heterocycles. The average molecular weight is 174 g/mol. The summed E-state index contributed by atoms with van der Waals surface area (Å²) in [6.45, 7) is 0. The van der Waals surface area contributed by atoms with Gasteiger partial charge in [0.25, 0.3) is 0 Å². The average Bonchev–Trinajstić information content (AvgIpc) is 2.34. The third-order valence-corrected chi connectivity index (χ3v) is 1.27. The van der Waals surface area contributed by atoms with Gasteiger partial charge in [-0.2, -0.15) is 0 Å². The monoisotopic (exact) mass is 174 g/mol. The minimum atomic E-state index is -0.567. The number of aromatic amines is 2. The minimum Gasteiger partial charge on any atom is -0.417 e. The van der Waals surface area contributed by atoms with Crippen LogP contribution in [0.1, 0.15) is 0 Å². The molecule has 0 radical (unpaired) electrons. The SMILES string of the molecule is O=c1[nH]c(=O)[c-]2ncnc2[nH]1.[Na+]. The Kier molecular flexibility index (Phi) is 2.51. The van der Waals surface area contributed by atoms with Crippen LogP contribution in [0, 0.1) is 0 Å². The molecule has 0 aromatic carbocycles. The summed E-state index contributed by atoms with van der Waals surface area (Å²) in [5.41, 5.74) is -0.701. The fourth-order valence-electron chi connectivity index (χ4n) is 0.825. The van der Waals surface area contributed by atoms with Gasteiger partial charge in [-0.1, -0.05) is 0 Å². The summed E-state index contributed by atoms with van der Waals surface area (Å²) in [5.74, 6) is 0. The Labute approximate surface area is 87.7 Å². The number of nitrogens with zero attached hydrogens (tertiary/aromatic N) is 2. The number of nitrogens with one attached hydrogen (secondary N) is 2. The van der Waals surface area contributed by atoms with Crippen LogP contribution in [0.15, 0.2) is 15.9 Å². The van der Waals surface area contributed by atoms with Crippen molar-refractivity contribution in [2.24, 2.45) is 0 Å². The van der Waals surface area contributed by atoms with E-state index in [1.54, 1.807) is 0 Å². The van der Waals surface area contributed by atoms with E-state index in [4.69, 9.17) is 0 Å². The molecule has 0 saturated heterocycles. The van der Waals surface area contributed by atoms with Gasteiger partial charge >= 0.3 is 35.2 Å². The molecule has 2 rings (SSSR count). The van der Waals surface area contributed by atoms with Gasteiger partial charge in [-0.3, -0.25) is 9.78 Å². The Morgan fingerprint density at radius 3 is 2.83 bits per heavy atom. The molecule has 0 aliphatic rings. The molecule has 0 saturated carbocycles. The zero-order chi connectivity index (χ0) is 7.84. The quantitative estimate of drug-likeness (QED) is 0.312. The number of rotatable bonds is 0. The molecule has 0 unspecified atom stereocenters. The second-order valence-corrected chi connectivity index (χ2v) is 1.98. The van der Waals surface area contributed by atoms with Crippen LogP contribution in [0.25, 0.3) is 11.2 Å². The maximum atomic E-state index is 10.9. The van der Waals surface area contributed by atoms with E-state index in [1.165, 1.54) is 6.33 Å². The van der Waals surface area contributed by atoms with Gasteiger partial charge in [-0.25, -0.2) is 4.79 Å². The topological polar surface area (TPSA) is 91.5 Å². The van der Waals surface area contributed by atoms with E-state index in [-0.39, 0.29) is 40.7 Å². The number of hydrogen-bond donors (Lipinski definition) is 2. The zero-order valence-electron chi connectivity index (χ0n) is 6.29. The third kappa shape index (κ3) is 1.36. The fourth-order valence-corrected chi connectivity index (χ4v) is 0.825. The summed E-state index contributed by atoms with van der Waals surface area (Å²) in [7, 11) is 0. The van der Waals surface area contributed by atoms with E-state index in [0.717, 1.165) is 0 Å². The molecule has 0 aliphatic heterocycles. The Hall–Kier alpha value is -0.850. The first-order valence-electron chi connectivity index (χ1n) is 2.87. The van der Waals surface area contributed by atoms with Crippen molar-refractivity contribution < 1.29 is 29.6 Å². The second-order valence-electron chi connectivity index (χ2n) is 1.98. The van der Waals surface area contributed by atoms with E-state index in [9.17, 15) is 9.59 Å². The molecule has 0 amide bonds. The van der Waals surface area contributed by atoms with Gasteiger partial charge in [-0.15, -0.1) is 0 Å². The summed E-state index contributed by atoms with van der Waals surface area (Å²) < 4.78 is 0. The molecule has 0 bridgehead atoms. The van der Waals surface area contributed by atoms with E-state index < -0.39 is 11.2 Å². The maximum absolute atomic E-state index is 10.9. The van der Waals surface area contributed by atoms with Gasteiger partial charge in [0.2, 0.25) is 0 Å². The Bertz CT molecular complexity index is 496. The summed E-state index contributed by atoms with van der Waals surface area (Å²) >= 11 is 0. The third-order valence-electron chi connectivity index (χ3n) is 1.27. The Morgan fingerprint density at radius 2 is 2.08 bits per heavy atom. The van der Waals surface area contributed by atoms with E-state index in [1.807, 2.05) is 4.98 Å². The predicted molar refractivity (Wildman–Crippen MR) is 36.4 cm³/mol. The fraction of sp³-hybridized carbons (Fsp3) is 0. The molecule has 2 N–H and O–H groups in total. The smallest absolute Gasteiger partial charge is 0.417 e. The standard InChI is InChI=1S/C5H3N4O2.Na/c10-4-2-3(7-1-6-2)8-5(11)9-4;/h1H,(H2,6,7,8,9,10,11);/q-1;+1. The van der Waals surface area contributed by atoms with Gasteiger partial charge in [0.15, 0.2) is 5.56 Å². The van der Waals surface area contributed by atoms with Crippen molar-refractivity contribution in [3.05, 3.63) is 27.2 Å². The van der Waals surface area contributed by atoms with Crippen LogP contribution >= 0.6 is 0 Å². The van der Waals surface area contributed by atoms with Gasteiger partial charge < -0.3 is 15.0 Å².